The van der Waals surface area contributed by atoms with Crippen molar-refractivity contribution in [1.82, 2.24) is 0 Å². The summed E-state index contributed by atoms with van der Waals surface area (Å²) in [6, 6.07) is 0. The molecule has 5 rings (SSSR count). The van der Waals surface area contributed by atoms with Crippen LogP contribution in [0.25, 0.3) is 0 Å². The molecular formula is C29H48O. The molecule has 0 amide bonds. The summed E-state index contributed by atoms with van der Waals surface area (Å²) < 4.78 is 6.30. The predicted molar refractivity (Wildman–Crippen MR) is 126 cm³/mol. The van der Waals surface area contributed by atoms with Gasteiger partial charge in [0.2, 0.25) is 0 Å². The van der Waals surface area contributed by atoms with E-state index in [-0.39, 0.29) is 0 Å². The van der Waals surface area contributed by atoms with Crippen molar-refractivity contribution in [3.8, 4) is 0 Å². The molecule has 5 fully saturated rings. The Morgan fingerprint density at radius 2 is 1.67 bits per heavy atom. The summed E-state index contributed by atoms with van der Waals surface area (Å²) in [6.07, 6.45) is 17.4. The van der Waals surface area contributed by atoms with Crippen molar-refractivity contribution >= 4 is 0 Å². The Hall–Kier alpha value is -0.300. The maximum atomic E-state index is 6.30. The number of fused-ring (bicyclic) bond motifs is 4. The second-order valence-electron chi connectivity index (χ2n) is 13.3. The molecule has 5 saturated carbocycles. The van der Waals surface area contributed by atoms with Gasteiger partial charge in [0.1, 0.15) is 0 Å². The molecule has 5 aliphatic rings. The number of hydrogen-bond acceptors (Lipinski definition) is 1. The molecule has 0 saturated heterocycles. The van der Waals surface area contributed by atoms with Crippen molar-refractivity contribution in [3.63, 3.8) is 0 Å². The Morgan fingerprint density at radius 1 is 0.900 bits per heavy atom. The van der Waals surface area contributed by atoms with Gasteiger partial charge < -0.3 is 4.74 Å². The third-order valence-corrected chi connectivity index (χ3v) is 12.3. The van der Waals surface area contributed by atoms with Crippen LogP contribution in [0.15, 0.2) is 12.2 Å². The van der Waals surface area contributed by atoms with Gasteiger partial charge in [-0.3, -0.25) is 0 Å². The lowest BCUT2D eigenvalue weighted by atomic mass is 9.45. The molecule has 1 spiro atoms. The minimum absolute atomic E-state index is 0.543. The topological polar surface area (TPSA) is 9.23 Å². The molecule has 0 aliphatic heterocycles. The van der Waals surface area contributed by atoms with Crippen LogP contribution < -0.4 is 0 Å². The van der Waals surface area contributed by atoms with E-state index in [2.05, 4.69) is 53.7 Å². The molecule has 0 aromatic rings. The number of hydrogen-bond donors (Lipinski definition) is 0. The average Bonchev–Trinajstić information content (AvgIpc) is 3.22. The van der Waals surface area contributed by atoms with Gasteiger partial charge in [-0.25, -0.2) is 0 Å². The van der Waals surface area contributed by atoms with Crippen LogP contribution in [-0.2, 0) is 4.74 Å². The van der Waals surface area contributed by atoms with E-state index in [1.807, 2.05) is 7.11 Å². The second-order valence-corrected chi connectivity index (χ2v) is 13.3. The Kier molecular flexibility index (Phi) is 5.10. The van der Waals surface area contributed by atoms with Crippen LogP contribution in [0.4, 0.5) is 0 Å². The fourth-order valence-corrected chi connectivity index (χ4v) is 10.2. The summed E-state index contributed by atoms with van der Waals surface area (Å²) in [4.78, 5) is 0. The van der Waals surface area contributed by atoms with Gasteiger partial charge in [-0.1, -0.05) is 53.7 Å². The first-order valence-electron chi connectivity index (χ1n) is 13.4. The first kappa shape index (κ1) is 21.5. The van der Waals surface area contributed by atoms with E-state index in [4.69, 9.17) is 4.74 Å². The Morgan fingerprint density at radius 3 is 2.33 bits per heavy atom. The highest BCUT2D eigenvalue weighted by atomic mass is 16.5. The van der Waals surface area contributed by atoms with E-state index < -0.39 is 0 Å². The first-order valence-corrected chi connectivity index (χ1v) is 13.4. The molecule has 0 N–H and O–H groups in total. The lowest BCUT2D eigenvalue weighted by Gasteiger charge is -2.61. The van der Waals surface area contributed by atoms with Gasteiger partial charge in [0.05, 0.1) is 6.10 Å². The predicted octanol–water partition coefficient (Wildman–Crippen LogP) is 7.75. The molecule has 1 heteroatoms. The molecule has 0 unspecified atom stereocenters. The van der Waals surface area contributed by atoms with Crippen LogP contribution in [0.1, 0.15) is 92.9 Å². The van der Waals surface area contributed by atoms with Gasteiger partial charge in [0.15, 0.2) is 0 Å². The van der Waals surface area contributed by atoms with Crippen molar-refractivity contribution in [1.29, 1.82) is 0 Å². The van der Waals surface area contributed by atoms with Gasteiger partial charge >= 0.3 is 0 Å². The fraction of sp³-hybridized carbons (Fsp3) is 0.931. The molecule has 170 valence electrons. The standard InChI is InChI=1S/C29H48O/c1-18(2)19(3)8-9-20(4)23-10-11-24-22-16-26(30-7)29-17-21(29)12-15-28(29,6)25(22)13-14-27(23,24)5/h8-9,18-26H,10-17H2,1-7H3/b9-8+/t19-,20+,21-,22-,23+,24-,25-,26+,27+,28+,29-/m0/s1. The van der Waals surface area contributed by atoms with Crippen LogP contribution in [0.3, 0.4) is 0 Å². The zero-order chi connectivity index (χ0) is 21.5. The number of methoxy groups -OCH3 is 1. The first-order chi connectivity index (χ1) is 14.2. The van der Waals surface area contributed by atoms with Gasteiger partial charge in [0, 0.05) is 12.5 Å². The zero-order valence-corrected chi connectivity index (χ0v) is 20.9. The summed E-state index contributed by atoms with van der Waals surface area (Å²) in [7, 11) is 2.02. The van der Waals surface area contributed by atoms with Gasteiger partial charge in [-0.05, 0) is 110 Å². The lowest BCUT2D eigenvalue weighted by Crippen LogP contribution is -2.57. The monoisotopic (exact) mass is 412 g/mol. The van der Waals surface area contributed by atoms with Crippen LogP contribution in [0, 0.1) is 63.6 Å². The van der Waals surface area contributed by atoms with Crippen molar-refractivity contribution in [2.75, 3.05) is 7.11 Å². The molecule has 30 heavy (non-hydrogen) atoms. The van der Waals surface area contributed by atoms with Gasteiger partial charge in [-0.15, -0.1) is 0 Å². The van der Waals surface area contributed by atoms with Crippen molar-refractivity contribution in [2.24, 2.45) is 63.6 Å². The third kappa shape index (κ3) is 2.69. The minimum Gasteiger partial charge on any atom is -0.381 e. The second kappa shape index (κ2) is 7.10. The maximum absolute atomic E-state index is 6.30. The fourth-order valence-electron chi connectivity index (χ4n) is 10.2. The molecule has 5 aliphatic carbocycles. The Balaban J connectivity index is 1.38. The van der Waals surface area contributed by atoms with Crippen molar-refractivity contribution in [2.45, 2.75) is 99.0 Å². The molecular weight excluding hydrogens is 364 g/mol. The van der Waals surface area contributed by atoms with Crippen LogP contribution in [-0.4, -0.2) is 13.2 Å². The van der Waals surface area contributed by atoms with E-state index >= 15 is 0 Å². The van der Waals surface area contributed by atoms with Crippen LogP contribution >= 0.6 is 0 Å². The van der Waals surface area contributed by atoms with Crippen molar-refractivity contribution < 1.29 is 4.74 Å². The van der Waals surface area contributed by atoms with Crippen LogP contribution in [0.2, 0.25) is 0 Å². The van der Waals surface area contributed by atoms with Gasteiger partial charge in [0.25, 0.3) is 0 Å². The highest BCUT2D eigenvalue weighted by Crippen LogP contribution is 2.82. The average molecular weight is 413 g/mol. The number of ether oxygens (including phenoxy) is 1. The summed E-state index contributed by atoms with van der Waals surface area (Å²) in [6.45, 7) is 15.0. The van der Waals surface area contributed by atoms with E-state index in [1.54, 1.807) is 0 Å². The molecule has 0 heterocycles. The lowest BCUT2D eigenvalue weighted by molar-refractivity contribution is -0.160. The van der Waals surface area contributed by atoms with Crippen LogP contribution in [0.5, 0.6) is 0 Å². The quantitative estimate of drug-likeness (QED) is 0.419. The molecule has 0 aromatic carbocycles. The highest BCUT2D eigenvalue weighted by Gasteiger charge is 2.77. The third-order valence-electron chi connectivity index (χ3n) is 12.3. The smallest absolute Gasteiger partial charge is 0.0638 e. The summed E-state index contributed by atoms with van der Waals surface area (Å²) in [5, 5.41) is 0. The van der Waals surface area contributed by atoms with E-state index in [9.17, 15) is 0 Å². The number of rotatable bonds is 5. The minimum atomic E-state index is 0.543. The largest absolute Gasteiger partial charge is 0.381 e. The molecule has 0 bridgehead atoms. The van der Waals surface area contributed by atoms with E-state index in [0.717, 1.165) is 41.4 Å². The Bertz CT molecular complexity index is 694. The summed E-state index contributed by atoms with van der Waals surface area (Å²) in [5.41, 5.74) is 1.68. The van der Waals surface area contributed by atoms with E-state index in [1.165, 1.54) is 51.4 Å². The van der Waals surface area contributed by atoms with Gasteiger partial charge in [-0.2, -0.15) is 0 Å². The molecule has 0 radical (unpaired) electrons. The highest BCUT2D eigenvalue weighted by molar-refractivity contribution is 5.26. The maximum Gasteiger partial charge on any atom is 0.0638 e. The SMILES string of the molecule is CO[C@@H]1C[C@H]2[C@@H]3CC[C@H]([C@H](C)/C=C/[C@H](C)C(C)C)[C@@]3(C)CC[C@@H]2[C@@]2(C)CC[C@H]3C[C@]312. The van der Waals surface area contributed by atoms with E-state index in [0.29, 0.717) is 28.3 Å². The summed E-state index contributed by atoms with van der Waals surface area (Å²) in [5.74, 6) is 6.85. The Labute approximate surface area is 186 Å². The summed E-state index contributed by atoms with van der Waals surface area (Å²) >= 11 is 0. The number of allylic oxidation sites excluding steroid dienone is 2. The zero-order valence-electron chi connectivity index (χ0n) is 20.9. The molecule has 1 nitrogen and oxygen atoms in total. The molecule has 11 atom stereocenters. The van der Waals surface area contributed by atoms with Crippen molar-refractivity contribution in [3.05, 3.63) is 12.2 Å². The normalized spacial score (nSPS) is 53.9. The molecule has 0 aromatic heterocycles.